The molecule has 0 saturated carbocycles. The van der Waals surface area contributed by atoms with Gasteiger partial charge >= 0.3 is 0 Å². The van der Waals surface area contributed by atoms with E-state index in [0.29, 0.717) is 18.0 Å². The Balaban J connectivity index is 1.36. The summed E-state index contributed by atoms with van der Waals surface area (Å²) in [7, 11) is 0. The van der Waals surface area contributed by atoms with Gasteiger partial charge in [0, 0.05) is 31.6 Å². The molecule has 0 radical (unpaired) electrons. The SMILES string of the molecule is CCc1n[nH]c(CN2C[C@H]3C[C@@H](C2)[C@H](Cc2cccc(F)c2)N2CCCC[C@@H]32)n1. The van der Waals surface area contributed by atoms with Crippen molar-refractivity contribution in [2.45, 2.75) is 64.1 Å². The summed E-state index contributed by atoms with van der Waals surface area (Å²) < 4.78 is 13.8. The Kier molecular flexibility index (Phi) is 5.39. The summed E-state index contributed by atoms with van der Waals surface area (Å²) in [5.41, 5.74) is 1.14. The van der Waals surface area contributed by atoms with Gasteiger partial charge in [0.05, 0.1) is 6.54 Å². The third-order valence-corrected chi connectivity index (χ3v) is 7.30. The van der Waals surface area contributed by atoms with E-state index in [1.165, 1.54) is 32.2 Å². The topological polar surface area (TPSA) is 48.1 Å². The third-order valence-electron chi connectivity index (χ3n) is 7.30. The molecule has 5 rings (SSSR count). The molecule has 0 aliphatic carbocycles. The van der Waals surface area contributed by atoms with Crippen molar-refractivity contribution in [3.63, 3.8) is 0 Å². The number of halogens is 1. The van der Waals surface area contributed by atoms with Gasteiger partial charge in [0.25, 0.3) is 0 Å². The predicted octanol–water partition coefficient (Wildman–Crippen LogP) is 3.42. The third kappa shape index (κ3) is 3.97. The van der Waals surface area contributed by atoms with Crippen LogP contribution in [0.5, 0.6) is 0 Å². The Morgan fingerprint density at radius 1 is 1.21 bits per heavy atom. The number of aromatic amines is 1. The first kappa shape index (κ1) is 19.2. The molecule has 2 bridgehead atoms. The molecule has 156 valence electrons. The minimum absolute atomic E-state index is 0.117. The van der Waals surface area contributed by atoms with Gasteiger partial charge in [0.15, 0.2) is 0 Å². The lowest BCUT2D eigenvalue weighted by molar-refractivity contribution is -0.0733. The van der Waals surface area contributed by atoms with Gasteiger partial charge in [-0.25, -0.2) is 9.37 Å². The van der Waals surface area contributed by atoms with E-state index < -0.39 is 0 Å². The van der Waals surface area contributed by atoms with Crippen LogP contribution in [0, 0.1) is 17.7 Å². The maximum Gasteiger partial charge on any atom is 0.150 e. The van der Waals surface area contributed by atoms with Crippen LogP contribution in [0.4, 0.5) is 4.39 Å². The largest absolute Gasteiger partial charge is 0.296 e. The summed E-state index contributed by atoms with van der Waals surface area (Å²) >= 11 is 0. The number of fused-ring (bicyclic) bond motifs is 4. The molecule has 4 atom stereocenters. The fourth-order valence-electron chi connectivity index (χ4n) is 6.10. The maximum atomic E-state index is 13.8. The number of piperidine rings is 3. The van der Waals surface area contributed by atoms with Gasteiger partial charge in [-0.3, -0.25) is 14.9 Å². The molecule has 0 amide bonds. The number of nitrogens with zero attached hydrogens (tertiary/aromatic N) is 4. The van der Waals surface area contributed by atoms with Crippen LogP contribution in [0.1, 0.15) is 49.8 Å². The number of likely N-dealkylation sites (tertiary alicyclic amines) is 1. The minimum atomic E-state index is -0.117. The number of aryl methyl sites for hydroxylation is 1. The van der Waals surface area contributed by atoms with E-state index >= 15 is 0 Å². The molecular weight excluding hydrogens is 365 g/mol. The van der Waals surface area contributed by atoms with Crippen LogP contribution in [-0.2, 0) is 19.4 Å². The Labute approximate surface area is 172 Å². The quantitative estimate of drug-likeness (QED) is 0.840. The number of hydrogen-bond acceptors (Lipinski definition) is 4. The highest BCUT2D eigenvalue weighted by Crippen LogP contribution is 2.42. The molecule has 6 heteroatoms. The minimum Gasteiger partial charge on any atom is -0.296 e. The number of rotatable bonds is 5. The summed E-state index contributed by atoms with van der Waals surface area (Å²) in [5, 5.41) is 7.44. The van der Waals surface area contributed by atoms with Crippen molar-refractivity contribution >= 4 is 0 Å². The molecule has 1 N–H and O–H groups in total. The average molecular weight is 398 g/mol. The lowest BCUT2D eigenvalue weighted by Crippen LogP contribution is -2.63. The molecule has 3 aliphatic heterocycles. The molecule has 4 heterocycles. The van der Waals surface area contributed by atoms with E-state index in [4.69, 9.17) is 0 Å². The van der Waals surface area contributed by atoms with Crippen molar-refractivity contribution in [1.29, 1.82) is 0 Å². The molecule has 3 fully saturated rings. The van der Waals surface area contributed by atoms with Gasteiger partial charge in [-0.2, -0.15) is 5.10 Å². The molecule has 0 unspecified atom stereocenters. The molecule has 2 aromatic rings. The zero-order valence-electron chi connectivity index (χ0n) is 17.4. The van der Waals surface area contributed by atoms with E-state index in [1.54, 1.807) is 12.1 Å². The summed E-state index contributed by atoms with van der Waals surface area (Å²) in [5.74, 6) is 3.16. The first-order valence-electron chi connectivity index (χ1n) is 11.3. The normalized spacial score (nSPS) is 30.3. The van der Waals surface area contributed by atoms with E-state index in [0.717, 1.165) is 55.6 Å². The van der Waals surface area contributed by atoms with Gasteiger partial charge < -0.3 is 0 Å². The van der Waals surface area contributed by atoms with E-state index in [2.05, 4.69) is 38.0 Å². The van der Waals surface area contributed by atoms with Crippen LogP contribution in [0.3, 0.4) is 0 Å². The Bertz CT molecular complexity index is 836. The molecule has 5 nitrogen and oxygen atoms in total. The molecule has 29 heavy (non-hydrogen) atoms. The van der Waals surface area contributed by atoms with Crippen molar-refractivity contribution in [3.8, 4) is 0 Å². The van der Waals surface area contributed by atoms with Crippen molar-refractivity contribution in [1.82, 2.24) is 25.0 Å². The van der Waals surface area contributed by atoms with Crippen molar-refractivity contribution in [2.75, 3.05) is 19.6 Å². The summed E-state index contributed by atoms with van der Waals surface area (Å²) in [6.07, 6.45) is 7.10. The lowest BCUT2D eigenvalue weighted by atomic mass is 9.71. The Hall–Kier alpha value is -1.79. The smallest absolute Gasteiger partial charge is 0.150 e. The molecular formula is C23H32FN5. The van der Waals surface area contributed by atoms with Crippen molar-refractivity contribution < 1.29 is 4.39 Å². The van der Waals surface area contributed by atoms with Crippen LogP contribution < -0.4 is 0 Å². The standard InChI is InChI=1S/C23H32FN5/c1-2-22-25-23(27-26-22)15-28-13-17-12-18(14-28)21(29-9-4-3-8-20(17)29)11-16-6-5-7-19(24)10-16/h5-7,10,17-18,20-21H,2-4,8-9,11-15H2,1H3,(H,25,26,27)/t17-,18+,20+,21+/m1/s1. The second-order valence-corrected chi connectivity index (χ2v) is 9.20. The molecule has 0 spiro atoms. The second-order valence-electron chi connectivity index (χ2n) is 9.20. The number of nitrogens with one attached hydrogen (secondary N) is 1. The Morgan fingerprint density at radius 2 is 2.10 bits per heavy atom. The van der Waals surface area contributed by atoms with Gasteiger partial charge in [0.1, 0.15) is 17.5 Å². The van der Waals surface area contributed by atoms with Gasteiger partial charge in [0.2, 0.25) is 0 Å². The number of hydrogen-bond donors (Lipinski definition) is 1. The van der Waals surface area contributed by atoms with E-state index in [-0.39, 0.29) is 5.82 Å². The summed E-state index contributed by atoms with van der Waals surface area (Å²) in [4.78, 5) is 10.0. The van der Waals surface area contributed by atoms with Gasteiger partial charge in [-0.05, 0) is 61.8 Å². The summed E-state index contributed by atoms with van der Waals surface area (Å²) in [6, 6.07) is 8.42. The lowest BCUT2D eigenvalue weighted by Gasteiger charge is -2.57. The predicted molar refractivity (Wildman–Crippen MR) is 111 cm³/mol. The highest BCUT2D eigenvalue weighted by molar-refractivity contribution is 5.19. The molecule has 3 aliphatic rings. The maximum absolute atomic E-state index is 13.8. The highest BCUT2D eigenvalue weighted by atomic mass is 19.1. The zero-order valence-corrected chi connectivity index (χ0v) is 17.4. The number of benzene rings is 1. The summed E-state index contributed by atoms with van der Waals surface area (Å²) in [6.45, 7) is 6.42. The van der Waals surface area contributed by atoms with Crippen LogP contribution in [0.25, 0.3) is 0 Å². The first-order valence-corrected chi connectivity index (χ1v) is 11.3. The first-order chi connectivity index (χ1) is 14.2. The van der Waals surface area contributed by atoms with Crippen LogP contribution in [0.15, 0.2) is 24.3 Å². The monoisotopic (exact) mass is 397 g/mol. The van der Waals surface area contributed by atoms with Crippen LogP contribution in [0.2, 0.25) is 0 Å². The fraction of sp³-hybridized carbons (Fsp3) is 0.652. The molecule has 3 saturated heterocycles. The van der Waals surface area contributed by atoms with Gasteiger partial charge in [-0.15, -0.1) is 0 Å². The van der Waals surface area contributed by atoms with Crippen molar-refractivity contribution in [3.05, 3.63) is 47.3 Å². The van der Waals surface area contributed by atoms with E-state index in [1.807, 2.05) is 6.07 Å². The molecule has 1 aromatic carbocycles. The Morgan fingerprint density at radius 3 is 2.93 bits per heavy atom. The number of aromatic nitrogens is 3. The van der Waals surface area contributed by atoms with E-state index in [9.17, 15) is 4.39 Å². The number of H-pyrrole nitrogens is 1. The van der Waals surface area contributed by atoms with Gasteiger partial charge in [-0.1, -0.05) is 25.5 Å². The highest BCUT2D eigenvalue weighted by Gasteiger charge is 2.46. The van der Waals surface area contributed by atoms with Crippen LogP contribution >= 0.6 is 0 Å². The molecule has 1 aromatic heterocycles. The zero-order chi connectivity index (χ0) is 19.8. The fourth-order valence-corrected chi connectivity index (χ4v) is 6.10. The average Bonchev–Trinajstić information content (AvgIpc) is 3.19. The van der Waals surface area contributed by atoms with Crippen LogP contribution in [-0.4, -0.2) is 56.7 Å². The van der Waals surface area contributed by atoms with Crippen molar-refractivity contribution in [2.24, 2.45) is 11.8 Å². The second kappa shape index (κ2) is 8.15.